The molecule has 2 heterocycles. The maximum absolute atomic E-state index is 12.0. The van der Waals surface area contributed by atoms with Crippen LogP contribution in [-0.2, 0) is 16.6 Å². The maximum Gasteiger partial charge on any atom is 0.216 e. The van der Waals surface area contributed by atoms with Crippen molar-refractivity contribution in [3.05, 3.63) is 21.3 Å². The molecule has 0 saturated carbocycles. The van der Waals surface area contributed by atoms with Crippen LogP contribution in [0.1, 0.15) is 17.7 Å². The standard InChI is InChI=1S/C10H15ClN2O2S2/c11-10-4-3-8(16-10)6-13-17(14,15)9-2-1-5-12-7-9/h3-4,9,12-13H,1-2,5-7H2. The van der Waals surface area contributed by atoms with Crippen LogP contribution in [-0.4, -0.2) is 26.8 Å². The minimum Gasteiger partial charge on any atom is -0.315 e. The molecule has 2 N–H and O–H groups in total. The van der Waals surface area contributed by atoms with Gasteiger partial charge in [-0.25, -0.2) is 13.1 Å². The first-order valence-electron chi connectivity index (χ1n) is 5.51. The number of hydrogen-bond donors (Lipinski definition) is 2. The summed E-state index contributed by atoms with van der Waals surface area (Å²) >= 11 is 7.19. The van der Waals surface area contributed by atoms with Gasteiger partial charge in [-0.1, -0.05) is 11.6 Å². The average molecular weight is 295 g/mol. The van der Waals surface area contributed by atoms with Crippen LogP contribution in [0.5, 0.6) is 0 Å². The summed E-state index contributed by atoms with van der Waals surface area (Å²) < 4.78 is 27.3. The number of piperidine rings is 1. The van der Waals surface area contributed by atoms with Gasteiger partial charge < -0.3 is 5.32 Å². The van der Waals surface area contributed by atoms with E-state index in [9.17, 15) is 8.42 Å². The molecule has 1 fully saturated rings. The summed E-state index contributed by atoms with van der Waals surface area (Å²) in [7, 11) is -3.22. The zero-order valence-corrected chi connectivity index (χ0v) is 11.7. The molecule has 1 saturated heterocycles. The van der Waals surface area contributed by atoms with Gasteiger partial charge in [0.1, 0.15) is 0 Å². The summed E-state index contributed by atoms with van der Waals surface area (Å²) in [6.45, 7) is 1.78. The Morgan fingerprint density at radius 3 is 2.94 bits per heavy atom. The normalized spacial score (nSPS) is 21.6. The van der Waals surface area contributed by atoms with Crippen LogP contribution in [0, 0.1) is 0 Å². The summed E-state index contributed by atoms with van der Waals surface area (Å²) in [6.07, 6.45) is 1.64. The molecule has 96 valence electrons. The molecule has 1 aromatic rings. The van der Waals surface area contributed by atoms with Crippen LogP contribution in [0.2, 0.25) is 4.34 Å². The van der Waals surface area contributed by atoms with Crippen molar-refractivity contribution < 1.29 is 8.42 Å². The quantitative estimate of drug-likeness (QED) is 0.886. The van der Waals surface area contributed by atoms with Crippen LogP contribution >= 0.6 is 22.9 Å². The second-order valence-electron chi connectivity index (χ2n) is 4.04. The van der Waals surface area contributed by atoms with Crippen LogP contribution < -0.4 is 10.0 Å². The molecule has 17 heavy (non-hydrogen) atoms. The van der Waals surface area contributed by atoms with E-state index in [0.29, 0.717) is 17.4 Å². The van der Waals surface area contributed by atoms with Crippen molar-refractivity contribution in [2.75, 3.05) is 13.1 Å². The number of halogens is 1. The molecule has 1 aromatic heterocycles. The topological polar surface area (TPSA) is 58.2 Å². The Hall–Kier alpha value is -0.140. The highest BCUT2D eigenvalue weighted by atomic mass is 35.5. The number of rotatable bonds is 4. The monoisotopic (exact) mass is 294 g/mol. The summed E-state index contributed by atoms with van der Waals surface area (Å²) in [5.41, 5.74) is 0. The lowest BCUT2D eigenvalue weighted by Crippen LogP contribution is -2.43. The predicted molar refractivity (Wildman–Crippen MR) is 71.0 cm³/mol. The minimum atomic E-state index is -3.22. The van der Waals surface area contributed by atoms with E-state index in [2.05, 4.69) is 10.0 Å². The van der Waals surface area contributed by atoms with Gasteiger partial charge in [0.05, 0.1) is 9.59 Å². The molecule has 1 aliphatic rings. The van der Waals surface area contributed by atoms with Crippen molar-refractivity contribution in [3.8, 4) is 0 Å². The molecule has 2 rings (SSSR count). The fraction of sp³-hybridized carbons (Fsp3) is 0.600. The van der Waals surface area contributed by atoms with Crippen LogP contribution in [0.3, 0.4) is 0 Å². The SMILES string of the molecule is O=S(=O)(NCc1ccc(Cl)s1)C1CCCNC1. The molecule has 1 aliphatic heterocycles. The number of nitrogens with one attached hydrogen (secondary N) is 2. The van der Waals surface area contributed by atoms with E-state index in [-0.39, 0.29) is 5.25 Å². The second-order valence-corrected chi connectivity index (χ2v) is 7.89. The fourth-order valence-electron chi connectivity index (χ4n) is 1.82. The van der Waals surface area contributed by atoms with E-state index < -0.39 is 10.0 Å². The first-order chi connectivity index (χ1) is 8.08. The number of thiophene rings is 1. The number of sulfonamides is 1. The maximum atomic E-state index is 12.0. The molecule has 7 heteroatoms. The van der Waals surface area contributed by atoms with E-state index in [0.717, 1.165) is 24.3 Å². The first kappa shape index (κ1) is 13.3. The lowest BCUT2D eigenvalue weighted by Gasteiger charge is -2.22. The lowest BCUT2D eigenvalue weighted by atomic mass is 10.2. The molecule has 0 amide bonds. The van der Waals surface area contributed by atoms with E-state index in [4.69, 9.17) is 11.6 Å². The Balaban J connectivity index is 1.92. The number of hydrogen-bond acceptors (Lipinski definition) is 4. The highest BCUT2D eigenvalue weighted by Gasteiger charge is 2.26. The lowest BCUT2D eigenvalue weighted by molar-refractivity contribution is 0.490. The Morgan fingerprint density at radius 2 is 2.35 bits per heavy atom. The van der Waals surface area contributed by atoms with Crippen molar-refractivity contribution >= 4 is 33.0 Å². The highest BCUT2D eigenvalue weighted by Crippen LogP contribution is 2.21. The average Bonchev–Trinajstić information content (AvgIpc) is 2.74. The molecule has 1 atom stereocenters. The van der Waals surface area contributed by atoms with Gasteiger partial charge in [-0.05, 0) is 31.5 Å². The third kappa shape index (κ3) is 3.66. The molecule has 1 unspecified atom stereocenters. The molecule has 0 spiro atoms. The van der Waals surface area contributed by atoms with Gasteiger partial charge in [-0.3, -0.25) is 0 Å². The Kier molecular flexibility index (Phi) is 4.43. The van der Waals surface area contributed by atoms with Crippen LogP contribution in [0.15, 0.2) is 12.1 Å². The Bertz CT molecular complexity index is 466. The first-order valence-corrected chi connectivity index (χ1v) is 8.25. The molecule has 0 aromatic carbocycles. The summed E-state index contributed by atoms with van der Waals surface area (Å²) in [5, 5.41) is 2.79. The second kappa shape index (κ2) is 5.67. The van der Waals surface area contributed by atoms with E-state index in [1.807, 2.05) is 6.07 Å². The van der Waals surface area contributed by atoms with Gasteiger partial charge in [0.25, 0.3) is 0 Å². The third-order valence-corrected chi connectivity index (χ3v) is 5.82. The Labute approximate surface area is 110 Å². The molecular weight excluding hydrogens is 280 g/mol. The highest BCUT2D eigenvalue weighted by molar-refractivity contribution is 7.90. The van der Waals surface area contributed by atoms with Crippen molar-refractivity contribution in [1.82, 2.24) is 10.0 Å². The van der Waals surface area contributed by atoms with Gasteiger partial charge in [0, 0.05) is 18.0 Å². The van der Waals surface area contributed by atoms with Crippen molar-refractivity contribution in [3.63, 3.8) is 0 Å². The van der Waals surface area contributed by atoms with Crippen LogP contribution in [0.25, 0.3) is 0 Å². The van der Waals surface area contributed by atoms with Crippen molar-refractivity contribution in [2.45, 2.75) is 24.6 Å². The molecule has 4 nitrogen and oxygen atoms in total. The summed E-state index contributed by atoms with van der Waals surface area (Å²) in [4.78, 5) is 0.933. The molecular formula is C10H15ClN2O2S2. The van der Waals surface area contributed by atoms with Gasteiger partial charge in [0.15, 0.2) is 0 Å². The van der Waals surface area contributed by atoms with Gasteiger partial charge >= 0.3 is 0 Å². The molecule has 0 aliphatic carbocycles. The zero-order valence-electron chi connectivity index (χ0n) is 9.28. The Morgan fingerprint density at radius 1 is 1.53 bits per heavy atom. The van der Waals surface area contributed by atoms with E-state index in [1.165, 1.54) is 11.3 Å². The smallest absolute Gasteiger partial charge is 0.216 e. The van der Waals surface area contributed by atoms with Gasteiger partial charge in [0.2, 0.25) is 10.0 Å². The largest absolute Gasteiger partial charge is 0.315 e. The summed E-state index contributed by atoms with van der Waals surface area (Å²) in [5.74, 6) is 0. The van der Waals surface area contributed by atoms with Crippen molar-refractivity contribution in [1.29, 1.82) is 0 Å². The predicted octanol–water partition coefficient (Wildman–Crippen LogP) is 1.57. The van der Waals surface area contributed by atoms with Crippen molar-refractivity contribution in [2.24, 2.45) is 0 Å². The minimum absolute atomic E-state index is 0.313. The zero-order chi connectivity index (χ0) is 12.3. The van der Waals surface area contributed by atoms with Gasteiger partial charge in [-0.2, -0.15) is 0 Å². The van der Waals surface area contributed by atoms with E-state index in [1.54, 1.807) is 6.07 Å². The third-order valence-electron chi connectivity index (χ3n) is 2.77. The van der Waals surface area contributed by atoms with E-state index >= 15 is 0 Å². The van der Waals surface area contributed by atoms with Crippen LogP contribution in [0.4, 0.5) is 0 Å². The summed E-state index contributed by atoms with van der Waals surface area (Å²) in [6, 6.07) is 3.62. The molecule has 0 radical (unpaired) electrons. The molecule has 0 bridgehead atoms. The van der Waals surface area contributed by atoms with Gasteiger partial charge in [-0.15, -0.1) is 11.3 Å². The fourth-order valence-corrected chi connectivity index (χ4v) is 4.35.